The van der Waals surface area contributed by atoms with Gasteiger partial charge >= 0.3 is 5.97 Å². The van der Waals surface area contributed by atoms with Crippen molar-refractivity contribution in [1.82, 2.24) is 9.97 Å². The number of carboxylic acids is 1. The average molecular weight is 243 g/mol. The number of pyridine rings is 2. The maximum Gasteiger partial charge on any atom is 0.356 e. The van der Waals surface area contributed by atoms with Gasteiger partial charge in [-0.25, -0.2) is 9.78 Å². The Balaban J connectivity index is 2.24. The summed E-state index contributed by atoms with van der Waals surface area (Å²) < 4.78 is 0. The summed E-state index contributed by atoms with van der Waals surface area (Å²) in [6.07, 6.45) is 3.19. The van der Waals surface area contributed by atoms with Gasteiger partial charge < -0.3 is 10.0 Å². The van der Waals surface area contributed by atoms with Crippen molar-refractivity contribution in [2.45, 2.75) is 6.54 Å². The van der Waals surface area contributed by atoms with E-state index in [-0.39, 0.29) is 5.69 Å². The van der Waals surface area contributed by atoms with Gasteiger partial charge in [0.15, 0.2) is 5.69 Å². The summed E-state index contributed by atoms with van der Waals surface area (Å²) in [6.45, 7) is 0.535. The summed E-state index contributed by atoms with van der Waals surface area (Å²) in [5, 5.41) is 9.08. The first kappa shape index (κ1) is 12.0. The van der Waals surface area contributed by atoms with Crippen LogP contribution in [0.25, 0.3) is 0 Å². The number of rotatable bonds is 4. The van der Waals surface area contributed by atoms with Crippen LogP contribution in [0.4, 0.5) is 5.69 Å². The van der Waals surface area contributed by atoms with Crippen LogP contribution in [0.5, 0.6) is 0 Å². The van der Waals surface area contributed by atoms with Crippen molar-refractivity contribution in [1.29, 1.82) is 0 Å². The minimum atomic E-state index is -1.03. The van der Waals surface area contributed by atoms with Crippen LogP contribution in [0.2, 0.25) is 0 Å². The highest BCUT2D eigenvalue weighted by Gasteiger charge is 2.14. The molecule has 0 spiro atoms. The van der Waals surface area contributed by atoms with Gasteiger partial charge in [0.1, 0.15) is 0 Å². The Morgan fingerprint density at radius 3 is 2.67 bits per heavy atom. The minimum absolute atomic E-state index is 0.0518. The van der Waals surface area contributed by atoms with Crippen LogP contribution >= 0.6 is 0 Å². The summed E-state index contributed by atoms with van der Waals surface area (Å²) in [6, 6.07) is 9.09. The molecule has 0 atom stereocenters. The van der Waals surface area contributed by atoms with E-state index in [0.717, 1.165) is 5.69 Å². The lowest BCUT2D eigenvalue weighted by Gasteiger charge is -2.19. The molecule has 2 rings (SSSR count). The highest BCUT2D eigenvalue weighted by molar-refractivity contribution is 5.92. The highest BCUT2D eigenvalue weighted by Crippen LogP contribution is 2.18. The monoisotopic (exact) mass is 243 g/mol. The number of nitrogens with zero attached hydrogens (tertiary/aromatic N) is 3. The second-order valence-corrected chi connectivity index (χ2v) is 3.85. The van der Waals surface area contributed by atoms with Crippen molar-refractivity contribution < 1.29 is 9.90 Å². The van der Waals surface area contributed by atoms with Crippen molar-refractivity contribution in [3.63, 3.8) is 0 Å². The van der Waals surface area contributed by atoms with Crippen molar-refractivity contribution >= 4 is 11.7 Å². The minimum Gasteiger partial charge on any atom is -0.476 e. The summed E-state index contributed by atoms with van der Waals surface area (Å²) in [5.41, 5.74) is 1.51. The second kappa shape index (κ2) is 5.27. The van der Waals surface area contributed by atoms with Crippen molar-refractivity contribution in [3.05, 3.63) is 54.1 Å². The van der Waals surface area contributed by atoms with Gasteiger partial charge in [-0.05, 0) is 24.3 Å². The number of aromatic nitrogens is 2. The summed E-state index contributed by atoms with van der Waals surface area (Å²) in [4.78, 5) is 21.0. The zero-order valence-electron chi connectivity index (χ0n) is 9.95. The first-order valence-electron chi connectivity index (χ1n) is 5.48. The van der Waals surface area contributed by atoms with Crippen molar-refractivity contribution in [3.8, 4) is 0 Å². The molecule has 0 aliphatic rings. The largest absolute Gasteiger partial charge is 0.476 e. The Morgan fingerprint density at radius 2 is 2.00 bits per heavy atom. The van der Waals surface area contributed by atoms with Crippen LogP contribution < -0.4 is 4.90 Å². The molecule has 0 radical (unpaired) electrons. The molecule has 0 aliphatic carbocycles. The van der Waals surface area contributed by atoms with Crippen molar-refractivity contribution in [2.24, 2.45) is 0 Å². The maximum atomic E-state index is 11.1. The maximum absolute atomic E-state index is 11.1. The molecule has 2 aromatic rings. The van der Waals surface area contributed by atoms with Crippen LogP contribution in [0.1, 0.15) is 16.2 Å². The molecule has 2 heterocycles. The summed E-state index contributed by atoms with van der Waals surface area (Å²) in [7, 11) is 1.82. The standard InChI is InChI=1S/C13H13N3O2/c1-16(9-10-5-2-3-7-14-10)11-6-4-8-15-12(11)13(17)18/h2-8H,9H2,1H3,(H,17,18). The fourth-order valence-electron chi connectivity index (χ4n) is 1.69. The molecule has 92 valence electrons. The molecular formula is C13H13N3O2. The number of carbonyl (C=O) groups is 1. The van der Waals surface area contributed by atoms with E-state index in [1.165, 1.54) is 6.20 Å². The summed E-state index contributed by atoms with van der Waals surface area (Å²) in [5.74, 6) is -1.03. The molecule has 5 heteroatoms. The summed E-state index contributed by atoms with van der Waals surface area (Å²) >= 11 is 0. The second-order valence-electron chi connectivity index (χ2n) is 3.85. The third-order valence-corrected chi connectivity index (χ3v) is 2.53. The molecule has 0 bridgehead atoms. The third kappa shape index (κ3) is 2.63. The molecule has 0 saturated carbocycles. The number of anilines is 1. The lowest BCUT2D eigenvalue weighted by Crippen LogP contribution is -2.20. The SMILES string of the molecule is CN(Cc1ccccn1)c1cccnc1C(=O)O. The number of hydrogen-bond acceptors (Lipinski definition) is 4. The van der Waals surface area contributed by atoms with E-state index in [1.54, 1.807) is 18.3 Å². The highest BCUT2D eigenvalue weighted by atomic mass is 16.4. The molecule has 1 N–H and O–H groups in total. The van der Waals surface area contributed by atoms with Gasteiger partial charge in [-0.15, -0.1) is 0 Å². The molecule has 0 fully saturated rings. The first-order valence-corrected chi connectivity index (χ1v) is 5.48. The molecule has 0 aliphatic heterocycles. The van der Waals surface area contributed by atoms with E-state index in [4.69, 9.17) is 5.11 Å². The van der Waals surface area contributed by atoms with Crippen LogP contribution in [-0.4, -0.2) is 28.1 Å². The zero-order valence-corrected chi connectivity index (χ0v) is 9.95. The van der Waals surface area contributed by atoms with Crippen LogP contribution in [0.15, 0.2) is 42.7 Å². The molecule has 0 unspecified atom stereocenters. The van der Waals surface area contributed by atoms with E-state index in [1.807, 2.05) is 30.1 Å². The predicted octanol–water partition coefficient (Wildman–Crippen LogP) is 1.81. The number of hydrogen-bond donors (Lipinski definition) is 1. The Hall–Kier alpha value is -2.43. The van der Waals surface area contributed by atoms with Gasteiger partial charge in [0.25, 0.3) is 0 Å². The molecule has 18 heavy (non-hydrogen) atoms. The lowest BCUT2D eigenvalue weighted by atomic mass is 10.2. The van der Waals surface area contributed by atoms with Gasteiger partial charge in [0.05, 0.1) is 17.9 Å². The Kier molecular flexibility index (Phi) is 3.52. The van der Waals surface area contributed by atoms with E-state index in [9.17, 15) is 4.79 Å². The molecular weight excluding hydrogens is 230 g/mol. The molecule has 0 aromatic carbocycles. The van der Waals surface area contributed by atoms with E-state index in [0.29, 0.717) is 12.2 Å². The Morgan fingerprint density at radius 1 is 1.22 bits per heavy atom. The van der Waals surface area contributed by atoms with Gasteiger partial charge in [0.2, 0.25) is 0 Å². The van der Waals surface area contributed by atoms with E-state index in [2.05, 4.69) is 9.97 Å². The normalized spacial score (nSPS) is 10.1. The quantitative estimate of drug-likeness (QED) is 0.887. The molecule has 5 nitrogen and oxygen atoms in total. The average Bonchev–Trinajstić information content (AvgIpc) is 2.40. The Bertz CT molecular complexity index is 543. The van der Waals surface area contributed by atoms with Gasteiger partial charge in [-0.1, -0.05) is 6.07 Å². The van der Waals surface area contributed by atoms with E-state index < -0.39 is 5.97 Å². The van der Waals surface area contributed by atoms with Crippen molar-refractivity contribution in [2.75, 3.05) is 11.9 Å². The van der Waals surface area contributed by atoms with Gasteiger partial charge in [0, 0.05) is 19.4 Å². The van der Waals surface area contributed by atoms with E-state index >= 15 is 0 Å². The fraction of sp³-hybridized carbons (Fsp3) is 0.154. The Labute approximate surface area is 105 Å². The smallest absolute Gasteiger partial charge is 0.356 e. The number of aromatic carboxylic acids is 1. The molecule has 0 amide bonds. The zero-order chi connectivity index (χ0) is 13.0. The lowest BCUT2D eigenvalue weighted by molar-refractivity contribution is 0.0691. The third-order valence-electron chi connectivity index (χ3n) is 2.53. The van der Waals surface area contributed by atoms with Crippen LogP contribution in [-0.2, 0) is 6.54 Å². The van der Waals surface area contributed by atoms with Crippen LogP contribution in [0.3, 0.4) is 0 Å². The molecule has 2 aromatic heterocycles. The van der Waals surface area contributed by atoms with Crippen LogP contribution in [0, 0.1) is 0 Å². The topological polar surface area (TPSA) is 66.3 Å². The predicted molar refractivity (Wildman–Crippen MR) is 67.5 cm³/mol. The van der Waals surface area contributed by atoms with Gasteiger partial charge in [-0.3, -0.25) is 4.98 Å². The fourth-order valence-corrected chi connectivity index (χ4v) is 1.69. The number of carboxylic acid groups (broad SMARTS) is 1. The first-order chi connectivity index (χ1) is 8.68. The van der Waals surface area contributed by atoms with Gasteiger partial charge in [-0.2, -0.15) is 0 Å². The molecule has 0 saturated heterocycles.